The SMILES string of the molecule is CCNC(=NCc1ccccc1CO)N1CCC(c2ccc(OC)cc2)C1.I. The Morgan fingerprint density at radius 1 is 1.18 bits per heavy atom. The second kappa shape index (κ2) is 11.3. The third kappa shape index (κ3) is 5.61. The second-order valence-electron chi connectivity index (χ2n) is 6.80. The number of benzene rings is 2. The summed E-state index contributed by atoms with van der Waals surface area (Å²) in [5.41, 5.74) is 3.36. The molecular weight excluding hydrogens is 465 g/mol. The number of aliphatic imine (C=N–C) groups is 1. The van der Waals surface area contributed by atoms with Gasteiger partial charge >= 0.3 is 0 Å². The van der Waals surface area contributed by atoms with Crippen LogP contribution >= 0.6 is 24.0 Å². The summed E-state index contributed by atoms with van der Waals surface area (Å²) < 4.78 is 5.26. The van der Waals surface area contributed by atoms with Crippen LogP contribution in [0.3, 0.4) is 0 Å². The molecule has 0 radical (unpaired) electrons. The van der Waals surface area contributed by atoms with Crippen molar-refractivity contribution in [2.75, 3.05) is 26.7 Å². The Morgan fingerprint density at radius 3 is 2.54 bits per heavy atom. The molecule has 152 valence electrons. The van der Waals surface area contributed by atoms with Gasteiger partial charge in [-0.2, -0.15) is 0 Å². The number of ether oxygens (including phenoxy) is 1. The van der Waals surface area contributed by atoms with Gasteiger partial charge in [-0.25, -0.2) is 4.99 Å². The number of hydrogen-bond donors (Lipinski definition) is 2. The first-order valence-electron chi connectivity index (χ1n) is 9.60. The van der Waals surface area contributed by atoms with Gasteiger partial charge in [-0.1, -0.05) is 36.4 Å². The molecule has 1 aliphatic heterocycles. The lowest BCUT2D eigenvalue weighted by atomic mass is 9.98. The van der Waals surface area contributed by atoms with Crippen LogP contribution < -0.4 is 10.1 Å². The summed E-state index contributed by atoms with van der Waals surface area (Å²) >= 11 is 0. The van der Waals surface area contributed by atoms with Crippen LogP contribution in [0.5, 0.6) is 5.75 Å². The highest BCUT2D eigenvalue weighted by atomic mass is 127. The second-order valence-corrected chi connectivity index (χ2v) is 6.80. The zero-order valence-electron chi connectivity index (χ0n) is 16.6. The minimum absolute atomic E-state index is 0. The van der Waals surface area contributed by atoms with Gasteiger partial charge in [-0.3, -0.25) is 0 Å². The number of guanidine groups is 1. The molecule has 5 nitrogen and oxygen atoms in total. The highest BCUT2D eigenvalue weighted by molar-refractivity contribution is 14.0. The van der Waals surface area contributed by atoms with E-state index in [1.807, 2.05) is 36.4 Å². The van der Waals surface area contributed by atoms with Gasteiger partial charge < -0.3 is 20.1 Å². The van der Waals surface area contributed by atoms with Crippen molar-refractivity contribution in [3.63, 3.8) is 0 Å². The smallest absolute Gasteiger partial charge is 0.194 e. The Morgan fingerprint density at radius 2 is 1.89 bits per heavy atom. The van der Waals surface area contributed by atoms with E-state index >= 15 is 0 Å². The highest BCUT2D eigenvalue weighted by Gasteiger charge is 2.26. The summed E-state index contributed by atoms with van der Waals surface area (Å²) in [4.78, 5) is 7.16. The minimum atomic E-state index is 0. The van der Waals surface area contributed by atoms with Crippen molar-refractivity contribution < 1.29 is 9.84 Å². The number of aliphatic hydroxyl groups is 1. The van der Waals surface area contributed by atoms with Crippen molar-refractivity contribution in [3.05, 3.63) is 65.2 Å². The van der Waals surface area contributed by atoms with Crippen molar-refractivity contribution in [1.82, 2.24) is 10.2 Å². The van der Waals surface area contributed by atoms with Crippen molar-refractivity contribution >= 4 is 29.9 Å². The van der Waals surface area contributed by atoms with Crippen LogP contribution in [0.1, 0.15) is 36.0 Å². The van der Waals surface area contributed by atoms with E-state index in [0.717, 1.165) is 48.9 Å². The molecule has 0 saturated carbocycles. The number of methoxy groups -OCH3 is 1. The van der Waals surface area contributed by atoms with Crippen molar-refractivity contribution in [3.8, 4) is 5.75 Å². The van der Waals surface area contributed by atoms with Crippen LogP contribution in [-0.4, -0.2) is 42.7 Å². The molecule has 0 spiro atoms. The molecule has 1 saturated heterocycles. The van der Waals surface area contributed by atoms with Gasteiger partial charge in [0.25, 0.3) is 0 Å². The third-order valence-corrected chi connectivity index (χ3v) is 5.10. The lowest BCUT2D eigenvalue weighted by Gasteiger charge is -2.22. The number of likely N-dealkylation sites (tertiary alicyclic amines) is 1. The monoisotopic (exact) mass is 495 g/mol. The first-order valence-corrected chi connectivity index (χ1v) is 9.60. The number of halogens is 1. The predicted octanol–water partition coefficient (Wildman–Crippen LogP) is 3.76. The van der Waals surface area contributed by atoms with E-state index < -0.39 is 0 Å². The Kier molecular flexibility index (Phi) is 9.05. The number of nitrogens with zero attached hydrogens (tertiary/aromatic N) is 2. The molecule has 1 unspecified atom stereocenters. The molecule has 1 heterocycles. The Bertz CT molecular complexity index is 765. The largest absolute Gasteiger partial charge is 0.497 e. The molecule has 6 heteroatoms. The van der Waals surface area contributed by atoms with Crippen LogP contribution in [0.25, 0.3) is 0 Å². The predicted molar refractivity (Wildman–Crippen MR) is 125 cm³/mol. The molecule has 3 rings (SSSR count). The number of rotatable bonds is 6. The zero-order chi connectivity index (χ0) is 19.1. The molecule has 2 aromatic carbocycles. The van der Waals surface area contributed by atoms with Crippen LogP contribution in [0.4, 0.5) is 0 Å². The van der Waals surface area contributed by atoms with Gasteiger partial charge in [0.2, 0.25) is 0 Å². The van der Waals surface area contributed by atoms with Crippen molar-refractivity contribution in [2.45, 2.75) is 32.4 Å². The fraction of sp³-hybridized carbons (Fsp3) is 0.409. The maximum atomic E-state index is 9.51. The lowest BCUT2D eigenvalue weighted by Crippen LogP contribution is -2.40. The maximum Gasteiger partial charge on any atom is 0.194 e. The van der Waals surface area contributed by atoms with Crippen molar-refractivity contribution in [2.24, 2.45) is 4.99 Å². The highest BCUT2D eigenvalue weighted by Crippen LogP contribution is 2.28. The van der Waals surface area contributed by atoms with Crippen LogP contribution in [0.2, 0.25) is 0 Å². The van der Waals surface area contributed by atoms with E-state index in [-0.39, 0.29) is 30.6 Å². The molecule has 2 N–H and O–H groups in total. The van der Waals surface area contributed by atoms with Gasteiger partial charge in [-0.05, 0) is 42.2 Å². The first-order chi connectivity index (χ1) is 13.2. The molecule has 2 aromatic rings. The molecule has 0 aliphatic carbocycles. The topological polar surface area (TPSA) is 57.1 Å². The summed E-state index contributed by atoms with van der Waals surface area (Å²) in [5.74, 6) is 2.34. The summed E-state index contributed by atoms with van der Waals surface area (Å²) in [6.45, 7) is 5.50. The molecule has 1 atom stereocenters. The van der Waals surface area contributed by atoms with Crippen molar-refractivity contribution in [1.29, 1.82) is 0 Å². The fourth-order valence-corrected chi connectivity index (χ4v) is 3.55. The van der Waals surface area contributed by atoms with Crippen LogP contribution in [0.15, 0.2) is 53.5 Å². The number of aliphatic hydroxyl groups excluding tert-OH is 1. The summed E-state index contributed by atoms with van der Waals surface area (Å²) in [5, 5.41) is 12.9. The standard InChI is InChI=1S/C22H29N3O2.HI/c1-3-23-22(24-14-18-6-4-5-7-20(18)16-26)25-13-12-19(15-25)17-8-10-21(27-2)11-9-17;/h4-11,19,26H,3,12-16H2,1-2H3,(H,23,24);1H. The van der Waals surface area contributed by atoms with E-state index in [1.165, 1.54) is 5.56 Å². The average Bonchev–Trinajstić information content (AvgIpc) is 3.21. The summed E-state index contributed by atoms with van der Waals surface area (Å²) in [6.07, 6.45) is 1.12. The Balaban J connectivity index is 0.00000280. The van der Waals surface area contributed by atoms with Crippen LogP contribution in [-0.2, 0) is 13.2 Å². The molecular formula is C22H30IN3O2. The van der Waals surface area contributed by atoms with Gasteiger partial charge in [0, 0.05) is 25.6 Å². The quantitative estimate of drug-likeness (QED) is 0.364. The van der Waals surface area contributed by atoms with Gasteiger partial charge in [0.15, 0.2) is 5.96 Å². The molecule has 1 aliphatic rings. The number of nitrogens with one attached hydrogen (secondary N) is 1. The molecule has 28 heavy (non-hydrogen) atoms. The Hall–Kier alpha value is -1.80. The van der Waals surface area contributed by atoms with Gasteiger partial charge in [-0.15, -0.1) is 24.0 Å². The van der Waals surface area contributed by atoms with Gasteiger partial charge in [0.1, 0.15) is 5.75 Å². The fourth-order valence-electron chi connectivity index (χ4n) is 3.55. The molecule has 0 aromatic heterocycles. The van der Waals surface area contributed by atoms with E-state index in [0.29, 0.717) is 12.5 Å². The average molecular weight is 495 g/mol. The third-order valence-electron chi connectivity index (χ3n) is 5.10. The van der Waals surface area contributed by atoms with Crippen LogP contribution in [0, 0.1) is 0 Å². The lowest BCUT2D eigenvalue weighted by molar-refractivity contribution is 0.280. The molecule has 0 amide bonds. The molecule has 0 bridgehead atoms. The molecule has 1 fully saturated rings. The number of hydrogen-bond acceptors (Lipinski definition) is 3. The maximum absolute atomic E-state index is 9.51. The van der Waals surface area contributed by atoms with E-state index in [4.69, 9.17) is 9.73 Å². The summed E-state index contributed by atoms with van der Waals surface area (Å²) in [6, 6.07) is 16.3. The van der Waals surface area contributed by atoms with Gasteiger partial charge in [0.05, 0.1) is 20.3 Å². The summed E-state index contributed by atoms with van der Waals surface area (Å²) in [7, 11) is 1.69. The first kappa shape index (κ1) is 22.5. The normalized spacial score (nSPS) is 16.6. The van der Waals surface area contributed by atoms with E-state index in [2.05, 4.69) is 29.3 Å². The minimum Gasteiger partial charge on any atom is -0.497 e. The van der Waals surface area contributed by atoms with E-state index in [9.17, 15) is 5.11 Å². The zero-order valence-corrected chi connectivity index (χ0v) is 18.9. The Labute approximate surface area is 184 Å². The van der Waals surface area contributed by atoms with E-state index in [1.54, 1.807) is 7.11 Å².